The van der Waals surface area contributed by atoms with Crippen molar-refractivity contribution in [2.24, 2.45) is 5.92 Å². The molecule has 0 bridgehead atoms. The molecule has 0 heterocycles. The molecule has 1 saturated carbocycles. The summed E-state index contributed by atoms with van der Waals surface area (Å²) >= 11 is 0. The van der Waals surface area contributed by atoms with E-state index in [0.717, 1.165) is 19.3 Å². The summed E-state index contributed by atoms with van der Waals surface area (Å²) in [5.41, 5.74) is 0.574. The van der Waals surface area contributed by atoms with Crippen molar-refractivity contribution in [2.45, 2.75) is 32.3 Å². The van der Waals surface area contributed by atoms with Gasteiger partial charge in [0.25, 0.3) is 0 Å². The maximum absolute atomic E-state index is 11.0. The minimum absolute atomic E-state index is 0.00101. The van der Waals surface area contributed by atoms with Gasteiger partial charge in [0.2, 0.25) is 0 Å². The van der Waals surface area contributed by atoms with Gasteiger partial charge in [-0.05, 0) is 32.3 Å². The molecule has 94 valence electrons. The zero-order valence-corrected chi connectivity index (χ0v) is 10.1. The fraction of sp³-hybridized carbons (Fsp3) is 0.462. The number of nitro benzene ring substituents is 1. The maximum Gasteiger partial charge on any atom is 0.313 e. The van der Waals surface area contributed by atoms with Gasteiger partial charge in [-0.3, -0.25) is 10.1 Å². The Labute approximate surface area is 105 Å². The van der Waals surface area contributed by atoms with E-state index in [9.17, 15) is 10.1 Å². The van der Waals surface area contributed by atoms with Crippen LogP contribution in [0.4, 0.5) is 5.69 Å². The third kappa shape index (κ3) is 2.28. The van der Waals surface area contributed by atoms with Gasteiger partial charge in [0.05, 0.1) is 16.9 Å². The maximum atomic E-state index is 11.0. The van der Waals surface area contributed by atoms with Crippen LogP contribution in [0.3, 0.4) is 0 Å². The average Bonchev–Trinajstić information content (AvgIpc) is 2.76. The lowest BCUT2D eigenvalue weighted by Gasteiger charge is -2.16. The van der Waals surface area contributed by atoms with Crippen LogP contribution in [0.2, 0.25) is 0 Å². The van der Waals surface area contributed by atoms with Crippen LogP contribution in [0, 0.1) is 34.3 Å². The number of benzene rings is 1. The van der Waals surface area contributed by atoms with Gasteiger partial charge in [-0.2, -0.15) is 5.26 Å². The van der Waals surface area contributed by atoms with E-state index >= 15 is 0 Å². The van der Waals surface area contributed by atoms with Crippen molar-refractivity contribution in [3.8, 4) is 11.8 Å². The van der Waals surface area contributed by atoms with Gasteiger partial charge in [-0.25, -0.2) is 0 Å². The molecule has 2 rings (SSSR count). The van der Waals surface area contributed by atoms with Crippen LogP contribution < -0.4 is 4.74 Å². The second-order valence-electron chi connectivity index (χ2n) is 4.50. The topological polar surface area (TPSA) is 76.2 Å². The van der Waals surface area contributed by atoms with Crippen LogP contribution in [0.5, 0.6) is 5.75 Å². The van der Waals surface area contributed by atoms with E-state index in [1.54, 1.807) is 25.1 Å². The van der Waals surface area contributed by atoms with Gasteiger partial charge in [-0.15, -0.1) is 0 Å². The zero-order chi connectivity index (χ0) is 13.1. The molecule has 1 aromatic rings. The Kier molecular flexibility index (Phi) is 3.47. The SMILES string of the molecule is Cc1cccc(OC2CCCC2C#N)c1[N+](=O)[O-]. The monoisotopic (exact) mass is 246 g/mol. The lowest BCUT2D eigenvalue weighted by molar-refractivity contribution is -0.386. The van der Waals surface area contributed by atoms with Gasteiger partial charge in [0.1, 0.15) is 6.10 Å². The molecule has 1 fully saturated rings. The first kappa shape index (κ1) is 12.4. The Hall–Kier alpha value is -2.09. The lowest BCUT2D eigenvalue weighted by atomic mass is 10.1. The molecule has 5 nitrogen and oxygen atoms in total. The molecule has 1 aliphatic carbocycles. The second-order valence-corrected chi connectivity index (χ2v) is 4.50. The Bertz CT molecular complexity index is 507. The van der Waals surface area contributed by atoms with Crippen LogP contribution in [-0.4, -0.2) is 11.0 Å². The lowest BCUT2D eigenvalue weighted by Crippen LogP contribution is -2.20. The quantitative estimate of drug-likeness (QED) is 0.606. The highest BCUT2D eigenvalue weighted by molar-refractivity contribution is 5.52. The van der Waals surface area contributed by atoms with E-state index in [4.69, 9.17) is 10.00 Å². The molecule has 0 spiro atoms. The molecule has 0 aliphatic heterocycles. The molecule has 18 heavy (non-hydrogen) atoms. The van der Waals surface area contributed by atoms with Crippen LogP contribution in [0.25, 0.3) is 0 Å². The molecule has 2 atom stereocenters. The van der Waals surface area contributed by atoms with Crippen molar-refractivity contribution in [2.75, 3.05) is 0 Å². The first-order chi connectivity index (χ1) is 8.63. The summed E-state index contributed by atoms with van der Waals surface area (Å²) in [6, 6.07) is 7.21. The first-order valence-corrected chi connectivity index (χ1v) is 5.93. The third-order valence-electron chi connectivity index (χ3n) is 3.28. The van der Waals surface area contributed by atoms with E-state index in [-0.39, 0.29) is 23.5 Å². The van der Waals surface area contributed by atoms with Crippen molar-refractivity contribution in [1.29, 1.82) is 5.26 Å². The van der Waals surface area contributed by atoms with Crippen LogP contribution in [-0.2, 0) is 0 Å². The molecule has 0 saturated heterocycles. The summed E-state index contributed by atoms with van der Waals surface area (Å²) in [7, 11) is 0. The number of aryl methyl sites for hydroxylation is 1. The fourth-order valence-electron chi connectivity index (χ4n) is 2.34. The Morgan fingerprint density at radius 2 is 2.28 bits per heavy atom. The number of rotatable bonds is 3. The molecule has 5 heteroatoms. The Balaban J connectivity index is 2.27. The third-order valence-corrected chi connectivity index (χ3v) is 3.28. The zero-order valence-electron chi connectivity index (χ0n) is 10.1. The number of nitrogens with zero attached hydrogens (tertiary/aromatic N) is 2. The number of nitriles is 1. The molecule has 0 radical (unpaired) electrons. The molecular weight excluding hydrogens is 232 g/mol. The van der Waals surface area contributed by atoms with Gasteiger partial charge < -0.3 is 4.74 Å². The number of ether oxygens (including phenoxy) is 1. The molecular formula is C13H14N2O3. The van der Waals surface area contributed by atoms with Crippen molar-refractivity contribution in [1.82, 2.24) is 0 Å². The summed E-state index contributed by atoms with van der Waals surface area (Å²) < 4.78 is 5.69. The number of hydrogen-bond donors (Lipinski definition) is 0. The Morgan fingerprint density at radius 1 is 1.50 bits per heavy atom. The van der Waals surface area contributed by atoms with Gasteiger partial charge in [-0.1, -0.05) is 12.1 Å². The summed E-state index contributed by atoms with van der Waals surface area (Å²) in [6.07, 6.45) is 2.29. The summed E-state index contributed by atoms with van der Waals surface area (Å²) in [5, 5.41) is 20.0. The van der Waals surface area contributed by atoms with E-state index in [1.165, 1.54) is 0 Å². The van der Waals surface area contributed by atoms with Gasteiger partial charge in [0.15, 0.2) is 5.75 Å². The van der Waals surface area contributed by atoms with Crippen LogP contribution in [0.15, 0.2) is 18.2 Å². The van der Waals surface area contributed by atoms with Crippen molar-refractivity contribution < 1.29 is 9.66 Å². The van der Waals surface area contributed by atoms with Gasteiger partial charge >= 0.3 is 5.69 Å². The number of nitro groups is 1. The molecule has 0 N–H and O–H groups in total. The van der Waals surface area contributed by atoms with Gasteiger partial charge in [0, 0.05) is 5.56 Å². The van der Waals surface area contributed by atoms with E-state index < -0.39 is 4.92 Å². The van der Waals surface area contributed by atoms with E-state index in [2.05, 4.69) is 6.07 Å². The van der Waals surface area contributed by atoms with E-state index in [1.807, 2.05) is 0 Å². The Morgan fingerprint density at radius 3 is 2.94 bits per heavy atom. The van der Waals surface area contributed by atoms with E-state index in [0.29, 0.717) is 5.56 Å². The standard InChI is InChI=1S/C13H14N2O3/c1-9-4-2-7-12(13(9)15(16)17)18-11-6-3-5-10(11)8-14/h2,4,7,10-11H,3,5-6H2,1H3. The molecule has 0 aromatic heterocycles. The molecule has 0 amide bonds. The highest BCUT2D eigenvalue weighted by Gasteiger charge is 2.31. The first-order valence-electron chi connectivity index (χ1n) is 5.93. The highest BCUT2D eigenvalue weighted by Crippen LogP contribution is 2.35. The fourth-order valence-corrected chi connectivity index (χ4v) is 2.34. The highest BCUT2D eigenvalue weighted by atomic mass is 16.6. The summed E-state index contributed by atoms with van der Waals surface area (Å²) in [5.74, 6) is 0.109. The summed E-state index contributed by atoms with van der Waals surface area (Å²) in [4.78, 5) is 10.6. The predicted octanol–water partition coefficient (Wildman–Crippen LogP) is 2.97. The normalized spacial score (nSPS) is 22.4. The summed E-state index contributed by atoms with van der Waals surface area (Å²) in [6.45, 7) is 1.68. The molecule has 1 aromatic carbocycles. The second kappa shape index (κ2) is 5.05. The minimum Gasteiger partial charge on any atom is -0.482 e. The number of hydrogen-bond acceptors (Lipinski definition) is 4. The van der Waals surface area contributed by atoms with Crippen molar-refractivity contribution in [3.05, 3.63) is 33.9 Å². The number of para-hydroxylation sites is 1. The van der Waals surface area contributed by atoms with Crippen molar-refractivity contribution in [3.63, 3.8) is 0 Å². The largest absolute Gasteiger partial charge is 0.482 e. The molecule has 2 unspecified atom stereocenters. The van der Waals surface area contributed by atoms with Crippen molar-refractivity contribution >= 4 is 5.69 Å². The van der Waals surface area contributed by atoms with Crippen LogP contribution >= 0.6 is 0 Å². The average molecular weight is 246 g/mol. The predicted molar refractivity (Wildman–Crippen MR) is 65.2 cm³/mol. The molecule has 1 aliphatic rings. The minimum atomic E-state index is -0.430. The smallest absolute Gasteiger partial charge is 0.313 e. The van der Waals surface area contributed by atoms with Crippen LogP contribution in [0.1, 0.15) is 24.8 Å².